The van der Waals surface area contributed by atoms with Crippen molar-refractivity contribution >= 4 is 23.2 Å². The van der Waals surface area contributed by atoms with Gasteiger partial charge in [0.2, 0.25) is 0 Å². The van der Waals surface area contributed by atoms with Crippen molar-refractivity contribution in [3.63, 3.8) is 0 Å². The van der Waals surface area contributed by atoms with Crippen molar-refractivity contribution in [1.29, 1.82) is 0 Å². The molecule has 1 nitrogen and oxygen atoms in total. The Kier molecular flexibility index (Phi) is 4.40. The Morgan fingerprint density at radius 3 is 2.47 bits per heavy atom. The molecule has 19 heavy (non-hydrogen) atoms. The monoisotopic (exact) mass is 301 g/mol. The van der Waals surface area contributed by atoms with E-state index in [0.29, 0.717) is 15.6 Å². The second kappa shape index (κ2) is 5.87. The fourth-order valence-electron chi connectivity index (χ4n) is 1.86. The van der Waals surface area contributed by atoms with Gasteiger partial charge in [0.1, 0.15) is 0 Å². The highest BCUT2D eigenvalue weighted by Gasteiger charge is 2.16. The lowest BCUT2D eigenvalue weighted by molar-refractivity contribution is 0.494. The standard InChI is InChI=1S/C14H11Cl2F2N/c15-10-5-2-4-9(13(10)16)12(19)7-8-3-1-6-11(17)14(8)18/h1-6,12H,7,19H2. The van der Waals surface area contributed by atoms with Crippen molar-refractivity contribution in [1.82, 2.24) is 0 Å². The summed E-state index contributed by atoms with van der Waals surface area (Å²) < 4.78 is 26.7. The summed E-state index contributed by atoms with van der Waals surface area (Å²) in [7, 11) is 0. The number of benzene rings is 2. The van der Waals surface area contributed by atoms with Gasteiger partial charge in [-0.2, -0.15) is 0 Å². The molecule has 1 unspecified atom stereocenters. The molecule has 0 heterocycles. The first-order valence-corrected chi connectivity index (χ1v) is 6.38. The van der Waals surface area contributed by atoms with Crippen LogP contribution in [0.5, 0.6) is 0 Å². The Bertz CT molecular complexity index is 602. The van der Waals surface area contributed by atoms with Crippen LogP contribution in [0.2, 0.25) is 10.0 Å². The fourth-order valence-corrected chi connectivity index (χ4v) is 2.31. The van der Waals surface area contributed by atoms with Crippen LogP contribution < -0.4 is 5.73 Å². The van der Waals surface area contributed by atoms with Crippen molar-refractivity contribution in [3.05, 3.63) is 69.2 Å². The third-order valence-electron chi connectivity index (χ3n) is 2.85. The molecule has 0 aromatic heterocycles. The van der Waals surface area contributed by atoms with Crippen LogP contribution in [0.1, 0.15) is 17.2 Å². The molecule has 0 spiro atoms. The summed E-state index contributed by atoms with van der Waals surface area (Å²) in [5, 5.41) is 0.725. The maximum atomic E-state index is 13.6. The van der Waals surface area contributed by atoms with Crippen molar-refractivity contribution in [2.75, 3.05) is 0 Å². The van der Waals surface area contributed by atoms with E-state index in [9.17, 15) is 8.78 Å². The van der Waals surface area contributed by atoms with E-state index < -0.39 is 17.7 Å². The van der Waals surface area contributed by atoms with Crippen molar-refractivity contribution in [2.24, 2.45) is 5.73 Å². The van der Waals surface area contributed by atoms with E-state index in [0.717, 1.165) is 6.07 Å². The molecule has 0 radical (unpaired) electrons. The minimum atomic E-state index is -0.887. The highest BCUT2D eigenvalue weighted by Crippen LogP contribution is 2.30. The van der Waals surface area contributed by atoms with Crippen molar-refractivity contribution < 1.29 is 8.78 Å². The topological polar surface area (TPSA) is 26.0 Å². The molecule has 2 aromatic rings. The van der Waals surface area contributed by atoms with Gasteiger partial charge in [-0.3, -0.25) is 0 Å². The third-order valence-corrected chi connectivity index (χ3v) is 3.69. The molecule has 2 rings (SSSR count). The maximum Gasteiger partial charge on any atom is 0.162 e. The Labute approximate surface area is 119 Å². The van der Waals surface area contributed by atoms with E-state index in [4.69, 9.17) is 28.9 Å². The fraction of sp³-hybridized carbons (Fsp3) is 0.143. The van der Waals surface area contributed by atoms with Gasteiger partial charge < -0.3 is 5.73 Å². The third kappa shape index (κ3) is 3.06. The number of nitrogens with two attached hydrogens (primary N) is 1. The minimum Gasteiger partial charge on any atom is -0.324 e. The molecule has 0 aliphatic carbocycles. The SMILES string of the molecule is NC(Cc1cccc(F)c1F)c1cccc(Cl)c1Cl. The van der Waals surface area contributed by atoms with Gasteiger partial charge in [-0.05, 0) is 29.7 Å². The van der Waals surface area contributed by atoms with Crippen LogP contribution in [-0.2, 0) is 6.42 Å². The summed E-state index contributed by atoms with van der Waals surface area (Å²) >= 11 is 11.9. The number of hydrogen-bond acceptors (Lipinski definition) is 1. The normalized spacial score (nSPS) is 12.5. The Morgan fingerprint density at radius 2 is 1.74 bits per heavy atom. The summed E-state index contributed by atoms with van der Waals surface area (Å²) in [6, 6.07) is 8.53. The molecule has 2 aromatic carbocycles. The van der Waals surface area contributed by atoms with Crippen LogP contribution in [0, 0.1) is 11.6 Å². The first-order valence-electron chi connectivity index (χ1n) is 5.63. The molecule has 0 amide bonds. The van der Waals surface area contributed by atoms with Gasteiger partial charge in [-0.15, -0.1) is 0 Å². The summed E-state index contributed by atoms with van der Waals surface area (Å²) in [6.45, 7) is 0. The molecular formula is C14H11Cl2F2N. The largest absolute Gasteiger partial charge is 0.324 e. The van der Waals surface area contributed by atoms with Crippen LogP contribution in [0.3, 0.4) is 0 Å². The Balaban J connectivity index is 2.28. The zero-order valence-electron chi connectivity index (χ0n) is 9.84. The molecule has 2 N–H and O–H groups in total. The van der Waals surface area contributed by atoms with Gasteiger partial charge in [-0.1, -0.05) is 47.5 Å². The molecule has 0 bridgehead atoms. The average molecular weight is 302 g/mol. The predicted octanol–water partition coefficient (Wildman–Crippen LogP) is 4.51. The Hall–Kier alpha value is -1.16. The second-order valence-electron chi connectivity index (χ2n) is 4.17. The second-order valence-corrected chi connectivity index (χ2v) is 4.95. The zero-order valence-corrected chi connectivity index (χ0v) is 11.3. The first kappa shape index (κ1) is 14.3. The van der Waals surface area contributed by atoms with Gasteiger partial charge in [0.15, 0.2) is 11.6 Å². The van der Waals surface area contributed by atoms with Crippen LogP contribution >= 0.6 is 23.2 Å². The van der Waals surface area contributed by atoms with Crippen molar-refractivity contribution in [3.8, 4) is 0 Å². The molecular weight excluding hydrogens is 291 g/mol. The lowest BCUT2D eigenvalue weighted by atomic mass is 9.99. The highest BCUT2D eigenvalue weighted by atomic mass is 35.5. The number of halogens is 4. The Morgan fingerprint density at radius 1 is 1.05 bits per heavy atom. The molecule has 1 atom stereocenters. The van der Waals surface area contributed by atoms with Gasteiger partial charge >= 0.3 is 0 Å². The summed E-state index contributed by atoms with van der Waals surface area (Å²) in [6.07, 6.45) is 0.143. The predicted molar refractivity (Wildman–Crippen MR) is 73.5 cm³/mol. The van der Waals surface area contributed by atoms with Gasteiger partial charge in [-0.25, -0.2) is 8.78 Å². The number of rotatable bonds is 3. The van der Waals surface area contributed by atoms with E-state index in [2.05, 4.69) is 0 Å². The molecule has 0 saturated heterocycles. The first-order chi connectivity index (χ1) is 9.00. The zero-order chi connectivity index (χ0) is 14.0. The molecule has 0 aliphatic rings. The minimum absolute atomic E-state index is 0.143. The lowest BCUT2D eigenvalue weighted by Gasteiger charge is -2.15. The smallest absolute Gasteiger partial charge is 0.162 e. The van der Waals surface area contributed by atoms with Crippen LogP contribution in [0.15, 0.2) is 36.4 Å². The average Bonchev–Trinajstić information content (AvgIpc) is 2.38. The van der Waals surface area contributed by atoms with E-state index in [1.165, 1.54) is 12.1 Å². The van der Waals surface area contributed by atoms with Crippen LogP contribution in [0.4, 0.5) is 8.78 Å². The van der Waals surface area contributed by atoms with E-state index in [1.54, 1.807) is 18.2 Å². The number of hydrogen-bond donors (Lipinski definition) is 1. The van der Waals surface area contributed by atoms with Gasteiger partial charge in [0.05, 0.1) is 10.0 Å². The summed E-state index contributed by atoms with van der Waals surface area (Å²) in [4.78, 5) is 0. The van der Waals surface area contributed by atoms with Gasteiger partial charge in [0.25, 0.3) is 0 Å². The van der Waals surface area contributed by atoms with Crippen LogP contribution in [0.25, 0.3) is 0 Å². The molecule has 100 valence electrons. The summed E-state index contributed by atoms with van der Waals surface area (Å²) in [5.74, 6) is -1.77. The molecule has 5 heteroatoms. The van der Waals surface area contributed by atoms with Crippen molar-refractivity contribution in [2.45, 2.75) is 12.5 Å². The lowest BCUT2D eigenvalue weighted by Crippen LogP contribution is -2.15. The maximum absolute atomic E-state index is 13.6. The molecule has 0 saturated carbocycles. The van der Waals surface area contributed by atoms with E-state index in [-0.39, 0.29) is 12.0 Å². The quantitative estimate of drug-likeness (QED) is 0.886. The van der Waals surface area contributed by atoms with E-state index in [1.807, 2.05) is 0 Å². The molecule has 0 aliphatic heterocycles. The van der Waals surface area contributed by atoms with Gasteiger partial charge in [0, 0.05) is 6.04 Å². The van der Waals surface area contributed by atoms with E-state index >= 15 is 0 Å². The molecule has 0 fully saturated rings. The van der Waals surface area contributed by atoms with Crippen LogP contribution in [-0.4, -0.2) is 0 Å². The summed E-state index contributed by atoms with van der Waals surface area (Å²) in [5.41, 5.74) is 6.80. The highest BCUT2D eigenvalue weighted by molar-refractivity contribution is 6.42.